The number of likely N-dealkylation sites (N-methyl/N-ethyl adjacent to an activating group) is 1. The molecule has 3 rings (SSSR count). The fourth-order valence-corrected chi connectivity index (χ4v) is 2.33. The van der Waals surface area contributed by atoms with Crippen LogP contribution in [0.1, 0.15) is 31.0 Å². The number of carbonyl (C=O) groups excluding carboxylic acids is 1. The summed E-state index contributed by atoms with van der Waals surface area (Å²) in [6.45, 7) is 0.802. The third-order valence-electron chi connectivity index (χ3n) is 3.69. The Balaban J connectivity index is 1.80. The molecule has 1 aromatic heterocycles. The first-order valence-corrected chi connectivity index (χ1v) is 6.75. The zero-order valence-electron chi connectivity index (χ0n) is 11.3. The van der Waals surface area contributed by atoms with Crippen LogP contribution in [0.2, 0.25) is 0 Å². The largest absolute Gasteiger partial charge is 0.373 e. The normalized spacial score (nSPS) is 22.7. The molecule has 102 valence electrons. The van der Waals surface area contributed by atoms with Crippen molar-refractivity contribution in [2.24, 2.45) is 0 Å². The van der Waals surface area contributed by atoms with Crippen molar-refractivity contribution in [3.05, 3.63) is 11.9 Å². The summed E-state index contributed by atoms with van der Waals surface area (Å²) in [4.78, 5) is 22.6. The van der Waals surface area contributed by atoms with E-state index in [1.165, 1.54) is 0 Å². The quantitative estimate of drug-likeness (QED) is 0.847. The molecule has 19 heavy (non-hydrogen) atoms. The monoisotopic (exact) mass is 261 g/mol. The summed E-state index contributed by atoms with van der Waals surface area (Å²) in [7, 11) is 3.68. The van der Waals surface area contributed by atoms with Gasteiger partial charge in [0.1, 0.15) is 23.5 Å². The van der Waals surface area contributed by atoms with Gasteiger partial charge in [-0.05, 0) is 19.3 Å². The van der Waals surface area contributed by atoms with E-state index in [-0.39, 0.29) is 11.9 Å². The number of nitrogens with zero attached hydrogens (tertiary/aromatic N) is 3. The number of rotatable bonds is 4. The third-order valence-corrected chi connectivity index (χ3v) is 3.69. The first kappa shape index (κ1) is 12.2. The van der Waals surface area contributed by atoms with Gasteiger partial charge in [0, 0.05) is 32.6 Å². The maximum Gasteiger partial charge on any atom is 0.244 e. The lowest BCUT2D eigenvalue weighted by Crippen LogP contribution is -2.31. The Labute approximate surface area is 112 Å². The van der Waals surface area contributed by atoms with Crippen LogP contribution in [-0.2, 0) is 4.79 Å². The van der Waals surface area contributed by atoms with Crippen LogP contribution in [0.25, 0.3) is 0 Å². The van der Waals surface area contributed by atoms with Crippen LogP contribution in [0.4, 0.5) is 11.6 Å². The Morgan fingerprint density at radius 2 is 2.00 bits per heavy atom. The Kier molecular flexibility index (Phi) is 3.00. The lowest BCUT2D eigenvalue weighted by atomic mass is 10.2. The van der Waals surface area contributed by atoms with E-state index in [0.29, 0.717) is 5.92 Å². The number of anilines is 2. The predicted molar refractivity (Wildman–Crippen MR) is 73.2 cm³/mol. The molecule has 0 radical (unpaired) electrons. The summed E-state index contributed by atoms with van der Waals surface area (Å²) < 4.78 is 0. The van der Waals surface area contributed by atoms with Crippen LogP contribution in [-0.4, -0.2) is 47.5 Å². The molecule has 6 nitrogen and oxygen atoms in total. The fraction of sp³-hybridized carbons (Fsp3) is 0.615. The molecular formula is C13H19N5O. The summed E-state index contributed by atoms with van der Waals surface area (Å²) >= 11 is 0. The van der Waals surface area contributed by atoms with Crippen LogP contribution in [0, 0.1) is 0 Å². The number of aromatic nitrogens is 2. The van der Waals surface area contributed by atoms with E-state index in [2.05, 4.69) is 20.6 Å². The fourth-order valence-electron chi connectivity index (χ4n) is 2.33. The summed E-state index contributed by atoms with van der Waals surface area (Å²) in [5.41, 5.74) is 0. The number of hydrogen-bond donors (Lipinski definition) is 2. The van der Waals surface area contributed by atoms with E-state index in [1.807, 2.05) is 20.2 Å². The highest BCUT2D eigenvalue weighted by Crippen LogP contribution is 2.38. The van der Waals surface area contributed by atoms with Crippen molar-refractivity contribution in [2.45, 2.75) is 31.2 Å². The minimum Gasteiger partial charge on any atom is -0.373 e. The average Bonchev–Trinajstić information content (AvgIpc) is 3.22. The molecule has 6 heteroatoms. The number of nitrogens with one attached hydrogen (secondary N) is 2. The zero-order chi connectivity index (χ0) is 13.4. The van der Waals surface area contributed by atoms with Gasteiger partial charge in [-0.3, -0.25) is 4.79 Å². The standard InChI is InChI=1S/C13H19N5O/c1-14-10-7-11(17-12(16-10)8-3-4-8)15-9-5-6-18(2)13(9)19/h7-9H,3-6H2,1-2H3,(H2,14,15,16,17). The molecule has 0 bridgehead atoms. The Hall–Kier alpha value is -1.85. The molecule has 2 aliphatic rings. The van der Waals surface area contributed by atoms with E-state index < -0.39 is 0 Å². The number of amides is 1. The van der Waals surface area contributed by atoms with Gasteiger partial charge in [-0.1, -0.05) is 0 Å². The average molecular weight is 261 g/mol. The van der Waals surface area contributed by atoms with Gasteiger partial charge in [0.05, 0.1) is 0 Å². The topological polar surface area (TPSA) is 70.2 Å². The summed E-state index contributed by atoms with van der Waals surface area (Å²) in [6, 6.07) is 1.70. The van der Waals surface area contributed by atoms with Gasteiger partial charge in [0.25, 0.3) is 0 Å². The molecule has 1 saturated heterocycles. The molecule has 1 aliphatic carbocycles. The number of carbonyl (C=O) groups is 1. The SMILES string of the molecule is CNc1cc(NC2CCN(C)C2=O)nc(C2CC2)n1. The van der Waals surface area contributed by atoms with Crippen LogP contribution >= 0.6 is 0 Å². The van der Waals surface area contributed by atoms with Crippen molar-refractivity contribution in [2.75, 3.05) is 31.3 Å². The molecule has 1 aromatic rings. The first-order chi connectivity index (χ1) is 9.17. The molecule has 1 saturated carbocycles. The van der Waals surface area contributed by atoms with Crippen molar-refractivity contribution < 1.29 is 4.79 Å². The third kappa shape index (κ3) is 2.47. The molecule has 1 atom stereocenters. The number of likely N-dealkylation sites (tertiary alicyclic amines) is 1. The molecule has 1 amide bonds. The van der Waals surface area contributed by atoms with E-state index in [1.54, 1.807) is 4.90 Å². The van der Waals surface area contributed by atoms with Crippen molar-refractivity contribution in [3.8, 4) is 0 Å². The molecule has 2 fully saturated rings. The smallest absolute Gasteiger partial charge is 0.244 e. The van der Waals surface area contributed by atoms with E-state index in [9.17, 15) is 4.79 Å². The molecule has 1 unspecified atom stereocenters. The van der Waals surface area contributed by atoms with Gasteiger partial charge < -0.3 is 15.5 Å². The van der Waals surface area contributed by atoms with Crippen molar-refractivity contribution in [1.29, 1.82) is 0 Å². The second-order valence-corrected chi connectivity index (χ2v) is 5.27. The highest BCUT2D eigenvalue weighted by atomic mass is 16.2. The molecule has 1 aliphatic heterocycles. The second-order valence-electron chi connectivity index (χ2n) is 5.27. The van der Waals surface area contributed by atoms with Crippen LogP contribution in [0.5, 0.6) is 0 Å². The van der Waals surface area contributed by atoms with Crippen LogP contribution in [0.15, 0.2) is 6.07 Å². The Morgan fingerprint density at radius 1 is 1.26 bits per heavy atom. The minimum atomic E-state index is -0.156. The van der Waals surface area contributed by atoms with Gasteiger partial charge in [0.15, 0.2) is 0 Å². The highest BCUT2D eigenvalue weighted by molar-refractivity contribution is 5.86. The maximum absolute atomic E-state index is 11.9. The highest BCUT2D eigenvalue weighted by Gasteiger charge is 2.31. The van der Waals surface area contributed by atoms with Crippen molar-refractivity contribution in [1.82, 2.24) is 14.9 Å². The second kappa shape index (κ2) is 4.68. The van der Waals surface area contributed by atoms with E-state index in [0.717, 1.165) is 43.3 Å². The van der Waals surface area contributed by atoms with Gasteiger partial charge in [-0.25, -0.2) is 9.97 Å². The first-order valence-electron chi connectivity index (χ1n) is 6.75. The minimum absolute atomic E-state index is 0.137. The predicted octanol–water partition coefficient (Wildman–Crippen LogP) is 1.04. The van der Waals surface area contributed by atoms with Gasteiger partial charge in [-0.15, -0.1) is 0 Å². The summed E-state index contributed by atoms with van der Waals surface area (Å²) in [6.07, 6.45) is 3.16. The van der Waals surface area contributed by atoms with E-state index >= 15 is 0 Å². The molecular weight excluding hydrogens is 242 g/mol. The number of hydrogen-bond acceptors (Lipinski definition) is 5. The van der Waals surface area contributed by atoms with Gasteiger partial charge in [-0.2, -0.15) is 0 Å². The zero-order valence-corrected chi connectivity index (χ0v) is 11.3. The maximum atomic E-state index is 11.9. The van der Waals surface area contributed by atoms with E-state index in [4.69, 9.17) is 0 Å². The van der Waals surface area contributed by atoms with Crippen molar-refractivity contribution >= 4 is 17.5 Å². The molecule has 0 aromatic carbocycles. The van der Waals surface area contributed by atoms with Gasteiger partial charge in [0.2, 0.25) is 5.91 Å². The summed E-state index contributed by atoms with van der Waals surface area (Å²) in [5.74, 6) is 3.06. The Bertz CT molecular complexity index is 500. The molecule has 0 spiro atoms. The van der Waals surface area contributed by atoms with Crippen LogP contribution in [0.3, 0.4) is 0 Å². The van der Waals surface area contributed by atoms with Crippen molar-refractivity contribution in [3.63, 3.8) is 0 Å². The Morgan fingerprint density at radius 3 is 2.58 bits per heavy atom. The van der Waals surface area contributed by atoms with Gasteiger partial charge >= 0.3 is 0 Å². The molecule has 2 heterocycles. The van der Waals surface area contributed by atoms with Crippen LogP contribution < -0.4 is 10.6 Å². The lowest BCUT2D eigenvalue weighted by molar-refractivity contribution is -0.127. The molecule has 2 N–H and O–H groups in total. The lowest BCUT2D eigenvalue weighted by Gasteiger charge is -2.14. The summed E-state index contributed by atoms with van der Waals surface area (Å²) in [5, 5.41) is 6.29.